The number of para-hydroxylation sites is 2. The Labute approximate surface area is 184 Å². The van der Waals surface area contributed by atoms with Gasteiger partial charge in [-0.25, -0.2) is 9.37 Å². The molecule has 0 fully saturated rings. The Bertz CT molecular complexity index is 1210. The van der Waals surface area contributed by atoms with Crippen molar-refractivity contribution in [3.05, 3.63) is 84.2 Å². The molecular formula is C25H22FN3O3. The summed E-state index contributed by atoms with van der Waals surface area (Å²) in [6, 6.07) is 19.0. The van der Waals surface area contributed by atoms with Gasteiger partial charge < -0.3 is 15.1 Å². The standard InChI is InChI=1S/C25H22FN3O3/c1-15(2)22(29-23(30)16-7-11-18(26)12-8-16)24(31)27-19-13-9-17(10-14-19)25-28-20-5-3-4-6-21(20)32-25/h3-15,22H,1-2H3,(H,27,31)(H,29,30). The quantitative estimate of drug-likeness (QED) is 0.449. The summed E-state index contributed by atoms with van der Waals surface area (Å²) in [5.74, 6) is -0.870. The van der Waals surface area contributed by atoms with Crippen LogP contribution in [-0.2, 0) is 4.79 Å². The third kappa shape index (κ3) is 4.67. The number of nitrogens with one attached hydrogen (secondary N) is 2. The molecule has 0 saturated heterocycles. The highest BCUT2D eigenvalue weighted by molar-refractivity contribution is 6.01. The molecule has 1 heterocycles. The van der Waals surface area contributed by atoms with E-state index in [1.165, 1.54) is 24.3 Å². The van der Waals surface area contributed by atoms with Crippen molar-refractivity contribution in [2.45, 2.75) is 19.9 Å². The van der Waals surface area contributed by atoms with E-state index in [9.17, 15) is 14.0 Å². The van der Waals surface area contributed by atoms with Gasteiger partial charge >= 0.3 is 0 Å². The van der Waals surface area contributed by atoms with E-state index < -0.39 is 17.8 Å². The van der Waals surface area contributed by atoms with Crippen molar-refractivity contribution in [3.8, 4) is 11.5 Å². The van der Waals surface area contributed by atoms with E-state index in [1.807, 2.05) is 50.2 Å². The van der Waals surface area contributed by atoms with Gasteiger partial charge in [0.05, 0.1) is 0 Å². The van der Waals surface area contributed by atoms with Crippen molar-refractivity contribution in [1.29, 1.82) is 0 Å². The lowest BCUT2D eigenvalue weighted by Gasteiger charge is -2.22. The maximum Gasteiger partial charge on any atom is 0.251 e. The predicted molar refractivity (Wildman–Crippen MR) is 121 cm³/mol. The van der Waals surface area contributed by atoms with E-state index >= 15 is 0 Å². The molecule has 32 heavy (non-hydrogen) atoms. The van der Waals surface area contributed by atoms with Gasteiger partial charge in [-0.15, -0.1) is 0 Å². The number of benzene rings is 3. The maximum atomic E-state index is 13.1. The van der Waals surface area contributed by atoms with Crippen LogP contribution in [0.3, 0.4) is 0 Å². The Kier molecular flexibility index (Phi) is 5.98. The highest BCUT2D eigenvalue weighted by Gasteiger charge is 2.25. The number of carbonyl (C=O) groups is 2. The summed E-state index contributed by atoms with van der Waals surface area (Å²) in [5, 5.41) is 5.56. The summed E-state index contributed by atoms with van der Waals surface area (Å²) in [5.41, 5.74) is 3.13. The summed E-state index contributed by atoms with van der Waals surface area (Å²) in [6.07, 6.45) is 0. The molecule has 0 aliphatic heterocycles. The molecular weight excluding hydrogens is 409 g/mol. The number of nitrogens with zero attached hydrogens (tertiary/aromatic N) is 1. The fourth-order valence-corrected chi connectivity index (χ4v) is 3.27. The third-order valence-corrected chi connectivity index (χ3v) is 5.04. The molecule has 1 unspecified atom stereocenters. The summed E-state index contributed by atoms with van der Waals surface area (Å²) >= 11 is 0. The second-order valence-corrected chi connectivity index (χ2v) is 7.76. The molecule has 7 heteroatoms. The highest BCUT2D eigenvalue weighted by atomic mass is 19.1. The Balaban J connectivity index is 1.45. The van der Waals surface area contributed by atoms with Gasteiger partial charge in [0, 0.05) is 16.8 Å². The minimum absolute atomic E-state index is 0.154. The second kappa shape index (κ2) is 9.01. The van der Waals surface area contributed by atoms with Crippen LogP contribution in [0.15, 0.2) is 77.2 Å². The molecule has 4 rings (SSSR count). The number of hydrogen-bond donors (Lipinski definition) is 2. The van der Waals surface area contributed by atoms with Gasteiger partial charge in [0.1, 0.15) is 17.4 Å². The fourth-order valence-electron chi connectivity index (χ4n) is 3.27. The predicted octanol–water partition coefficient (Wildman–Crippen LogP) is 5.03. The smallest absolute Gasteiger partial charge is 0.251 e. The monoisotopic (exact) mass is 431 g/mol. The van der Waals surface area contributed by atoms with Crippen molar-refractivity contribution in [2.75, 3.05) is 5.32 Å². The molecule has 162 valence electrons. The molecule has 0 bridgehead atoms. The minimum Gasteiger partial charge on any atom is -0.436 e. The minimum atomic E-state index is -0.760. The average molecular weight is 431 g/mol. The summed E-state index contributed by atoms with van der Waals surface area (Å²) < 4.78 is 18.9. The largest absolute Gasteiger partial charge is 0.436 e. The summed E-state index contributed by atoms with van der Waals surface area (Å²) in [4.78, 5) is 29.8. The Morgan fingerprint density at radius 1 is 0.938 bits per heavy atom. The van der Waals surface area contributed by atoms with Gasteiger partial charge in [-0.1, -0.05) is 26.0 Å². The molecule has 2 amide bonds. The van der Waals surface area contributed by atoms with E-state index in [0.29, 0.717) is 17.2 Å². The van der Waals surface area contributed by atoms with Crippen LogP contribution in [0.4, 0.5) is 10.1 Å². The number of carbonyl (C=O) groups excluding carboxylic acids is 2. The van der Waals surface area contributed by atoms with E-state index in [-0.39, 0.29) is 17.4 Å². The molecule has 0 radical (unpaired) electrons. The maximum absolute atomic E-state index is 13.1. The molecule has 0 saturated carbocycles. The van der Waals surface area contributed by atoms with Crippen LogP contribution in [-0.4, -0.2) is 22.8 Å². The van der Waals surface area contributed by atoms with Crippen LogP contribution in [0.2, 0.25) is 0 Å². The van der Waals surface area contributed by atoms with Gasteiger partial charge in [0.25, 0.3) is 5.91 Å². The van der Waals surface area contributed by atoms with Crippen molar-refractivity contribution >= 4 is 28.6 Å². The Morgan fingerprint density at radius 3 is 2.28 bits per heavy atom. The highest BCUT2D eigenvalue weighted by Crippen LogP contribution is 2.25. The van der Waals surface area contributed by atoms with Crippen LogP contribution in [0.1, 0.15) is 24.2 Å². The number of anilines is 1. The van der Waals surface area contributed by atoms with Crippen LogP contribution in [0.25, 0.3) is 22.6 Å². The van der Waals surface area contributed by atoms with Crippen molar-refractivity contribution in [3.63, 3.8) is 0 Å². The molecule has 4 aromatic rings. The fraction of sp³-hybridized carbons (Fsp3) is 0.160. The first-order valence-electron chi connectivity index (χ1n) is 10.2. The molecule has 0 spiro atoms. The van der Waals surface area contributed by atoms with Gasteiger partial charge in [-0.05, 0) is 66.6 Å². The SMILES string of the molecule is CC(C)C(NC(=O)c1ccc(F)cc1)C(=O)Nc1ccc(-c2nc3ccccc3o2)cc1. The zero-order chi connectivity index (χ0) is 22.7. The van der Waals surface area contributed by atoms with Gasteiger partial charge in [-0.3, -0.25) is 9.59 Å². The number of amides is 2. The lowest BCUT2D eigenvalue weighted by Crippen LogP contribution is -2.47. The van der Waals surface area contributed by atoms with Crippen LogP contribution < -0.4 is 10.6 Å². The molecule has 2 N–H and O–H groups in total. The first kappa shape index (κ1) is 21.2. The van der Waals surface area contributed by atoms with Gasteiger partial charge in [-0.2, -0.15) is 0 Å². The Hall–Kier alpha value is -4.00. The van der Waals surface area contributed by atoms with Gasteiger partial charge in [0.15, 0.2) is 5.58 Å². The van der Waals surface area contributed by atoms with Crippen molar-refractivity contribution in [2.24, 2.45) is 5.92 Å². The Morgan fingerprint density at radius 2 is 1.62 bits per heavy atom. The van der Waals surface area contributed by atoms with Gasteiger partial charge in [0.2, 0.25) is 11.8 Å². The van der Waals surface area contributed by atoms with Crippen molar-refractivity contribution in [1.82, 2.24) is 10.3 Å². The number of fused-ring (bicyclic) bond motifs is 1. The van der Waals surface area contributed by atoms with Crippen LogP contribution in [0, 0.1) is 11.7 Å². The number of aromatic nitrogens is 1. The lowest BCUT2D eigenvalue weighted by molar-refractivity contribution is -0.118. The summed E-state index contributed by atoms with van der Waals surface area (Å²) in [6.45, 7) is 3.68. The molecule has 0 aliphatic rings. The first-order chi connectivity index (χ1) is 15.4. The lowest BCUT2D eigenvalue weighted by atomic mass is 10.0. The first-order valence-corrected chi connectivity index (χ1v) is 10.2. The topological polar surface area (TPSA) is 84.2 Å². The normalized spacial score (nSPS) is 12.0. The molecule has 1 aromatic heterocycles. The zero-order valence-electron chi connectivity index (χ0n) is 17.6. The number of oxazole rings is 1. The summed E-state index contributed by atoms with van der Waals surface area (Å²) in [7, 11) is 0. The molecule has 6 nitrogen and oxygen atoms in total. The molecule has 3 aromatic carbocycles. The number of halogens is 1. The second-order valence-electron chi connectivity index (χ2n) is 7.76. The van der Waals surface area contributed by atoms with E-state index in [4.69, 9.17) is 4.42 Å². The molecule has 0 aliphatic carbocycles. The zero-order valence-corrected chi connectivity index (χ0v) is 17.6. The average Bonchev–Trinajstić information content (AvgIpc) is 3.22. The van der Waals surface area contributed by atoms with E-state index in [2.05, 4.69) is 15.6 Å². The number of rotatable bonds is 6. The number of hydrogen-bond acceptors (Lipinski definition) is 4. The van der Waals surface area contributed by atoms with E-state index in [1.54, 1.807) is 12.1 Å². The molecule has 1 atom stereocenters. The van der Waals surface area contributed by atoms with Crippen molar-refractivity contribution < 1.29 is 18.4 Å². The van der Waals surface area contributed by atoms with Crippen LogP contribution >= 0.6 is 0 Å². The van der Waals surface area contributed by atoms with Crippen LogP contribution in [0.5, 0.6) is 0 Å². The van der Waals surface area contributed by atoms with E-state index in [0.717, 1.165) is 11.1 Å². The third-order valence-electron chi connectivity index (χ3n) is 5.04.